The first-order valence-corrected chi connectivity index (χ1v) is 8.73. The zero-order valence-corrected chi connectivity index (χ0v) is 15.2. The number of fused-ring (bicyclic) bond motifs is 4. The van der Waals surface area contributed by atoms with Gasteiger partial charge in [-0.05, 0) is 45.0 Å². The van der Waals surface area contributed by atoms with Crippen LogP contribution in [0.1, 0.15) is 51.3 Å². The third-order valence-corrected chi connectivity index (χ3v) is 5.38. The van der Waals surface area contributed by atoms with E-state index >= 15 is 0 Å². The Bertz CT molecular complexity index is 942. The molecule has 3 aromatic rings. The van der Waals surface area contributed by atoms with Crippen LogP contribution in [0, 0.1) is 0 Å². The molecule has 24 heavy (non-hydrogen) atoms. The van der Waals surface area contributed by atoms with Crippen LogP contribution in [0.5, 0.6) is 0 Å². The van der Waals surface area contributed by atoms with Crippen molar-refractivity contribution in [3.05, 3.63) is 71.3 Å². The summed E-state index contributed by atoms with van der Waals surface area (Å²) in [6.07, 6.45) is 0. The van der Waals surface area contributed by atoms with Gasteiger partial charge in [0.2, 0.25) is 0 Å². The topological polar surface area (TPSA) is 12.0 Å². The van der Waals surface area contributed by atoms with Crippen molar-refractivity contribution in [3.63, 3.8) is 0 Å². The van der Waals surface area contributed by atoms with Crippen LogP contribution in [0.2, 0.25) is 0 Å². The third-order valence-electron chi connectivity index (χ3n) is 5.38. The second-order valence-electron chi connectivity index (χ2n) is 8.47. The zero-order valence-electron chi connectivity index (χ0n) is 15.2. The van der Waals surface area contributed by atoms with Crippen LogP contribution in [-0.4, -0.2) is 0 Å². The van der Waals surface area contributed by atoms with E-state index < -0.39 is 0 Å². The molecule has 0 aliphatic carbocycles. The van der Waals surface area contributed by atoms with Crippen LogP contribution in [-0.2, 0) is 10.8 Å². The van der Waals surface area contributed by atoms with Crippen molar-refractivity contribution in [1.82, 2.24) is 0 Å². The summed E-state index contributed by atoms with van der Waals surface area (Å²) in [7, 11) is 0. The van der Waals surface area contributed by atoms with E-state index in [2.05, 4.69) is 94.5 Å². The molecule has 0 spiro atoms. The van der Waals surface area contributed by atoms with Crippen LogP contribution >= 0.6 is 0 Å². The van der Waals surface area contributed by atoms with Gasteiger partial charge in [-0.3, -0.25) is 0 Å². The number of hydrogen-bond donors (Lipinski definition) is 1. The van der Waals surface area contributed by atoms with E-state index in [9.17, 15) is 0 Å². The summed E-state index contributed by atoms with van der Waals surface area (Å²) < 4.78 is 0. The molecular weight excluding hydrogens is 290 g/mol. The summed E-state index contributed by atoms with van der Waals surface area (Å²) in [5, 5.41) is 6.32. The van der Waals surface area contributed by atoms with Gasteiger partial charge in [-0.2, -0.15) is 0 Å². The fourth-order valence-electron chi connectivity index (χ4n) is 3.97. The average molecular weight is 315 g/mol. The lowest BCUT2D eigenvalue weighted by atomic mass is 9.71. The summed E-state index contributed by atoms with van der Waals surface area (Å²) in [4.78, 5) is 0. The first-order valence-electron chi connectivity index (χ1n) is 8.73. The van der Waals surface area contributed by atoms with Crippen molar-refractivity contribution in [1.29, 1.82) is 0 Å². The molecule has 0 aromatic heterocycles. The normalized spacial score (nSPS) is 15.5. The van der Waals surface area contributed by atoms with Gasteiger partial charge in [0.15, 0.2) is 0 Å². The van der Waals surface area contributed by atoms with Gasteiger partial charge in [0.05, 0.1) is 0 Å². The van der Waals surface area contributed by atoms with Crippen molar-refractivity contribution in [2.45, 2.75) is 45.4 Å². The maximum absolute atomic E-state index is 3.67. The monoisotopic (exact) mass is 315 g/mol. The van der Waals surface area contributed by atoms with Crippen LogP contribution < -0.4 is 5.32 Å². The van der Waals surface area contributed by atoms with Gasteiger partial charge in [0, 0.05) is 16.8 Å². The van der Waals surface area contributed by atoms with Gasteiger partial charge in [-0.1, -0.05) is 77.1 Å². The lowest BCUT2D eigenvalue weighted by molar-refractivity contribution is 0.582. The second-order valence-corrected chi connectivity index (χ2v) is 8.47. The SMILES string of the molecule is CC(C)(C)c1ccc2c(c1)C(C)(C)c1c(ccc3ccccc13)N2. The Morgan fingerprint density at radius 2 is 1.54 bits per heavy atom. The molecule has 0 saturated heterocycles. The lowest BCUT2D eigenvalue weighted by Gasteiger charge is -2.38. The Morgan fingerprint density at radius 3 is 2.29 bits per heavy atom. The summed E-state index contributed by atoms with van der Waals surface area (Å²) in [5.41, 5.74) is 6.77. The molecule has 3 aromatic carbocycles. The molecule has 0 bridgehead atoms. The Balaban J connectivity index is 2.00. The van der Waals surface area contributed by atoms with Crippen LogP contribution in [0.4, 0.5) is 11.4 Å². The highest BCUT2D eigenvalue weighted by molar-refractivity contribution is 5.95. The lowest BCUT2D eigenvalue weighted by Crippen LogP contribution is -2.27. The maximum Gasteiger partial charge on any atom is 0.0432 e. The van der Waals surface area contributed by atoms with E-state index in [-0.39, 0.29) is 10.8 Å². The first-order chi connectivity index (χ1) is 11.3. The van der Waals surface area contributed by atoms with E-state index in [1.54, 1.807) is 0 Å². The summed E-state index contributed by atoms with van der Waals surface area (Å²) in [6, 6.07) is 20.0. The molecule has 0 unspecified atom stereocenters. The summed E-state index contributed by atoms with van der Waals surface area (Å²) in [6.45, 7) is 11.5. The van der Waals surface area contributed by atoms with Gasteiger partial charge in [0.25, 0.3) is 0 Å². The van der Waals surface area contributed by atoms with E-state index in [1.165, 1.54) is 38.8 Å². The molecule has 1 N–H and O–H groups in total. The molecule has 0 amide bonds. The highest BCUT2D eigenvalue weighted by Crippen LogP contribution is 2.48. The van der Waals surface area contributed by atoms with E-state index in [1.807, 2.05) is 0 Å². The molecule has 0 atom stereocenters. The third kappa shape index (κ3) is 2.15. The Kier molecular flexibility index (Phi) is 3.09. The van der Waals surface area contributed by atoms with Crippen LogP contribution in [0.15, 0.2) is 54.6 Å². The molecule has 0 saturated carbocycles. The molecule has 0 radical (unpaired) electrons. The van der Waals surface area contributed by atoms with Gasteiger partial charge < -0.3 is 5.32 Å². The van der Waals surface area contributed by atoms with Gasteiger partial charge in [0.1, 0.15) is 0 Å². The molecule has 1 nitrogen and oxygen atoms in total. The molecule has 1 heterocycles. The predicted molar refractivity (Wildman–Crippen MR) is 105 cm³/mol. The predicted octanol–water partition coefficient (Wildman–Crippen LogP) is 6.52. The minimum Gasteiger partial charge on any atom is -0.355 e. The van der Waals surface area contributed by atoms with E-state index in [0.717, 1.165) is 0 Å². The Labute approximate surface area is 144 Å². The standard InChI is InChI=1S/C23H25N/c1-22(2,3)16-11-13-19-18(14-16)23(4,5)21-17-9-7-6-8-15(17)10-12-20(21)24-19/h6-14,24H,1-5H3. The van der Waals surface area contributed by atoms with Crippen molar-refractivity contribution >= 4 is 22.1 Å². The minimum absolute atomic E-state index is 0.0297. The fourth-order valence-corrected chi connectivity index (χ4v) is 3.97. The molecule has 1 aliphatic heterocycles. The summed E-state index contributed by atoms with van der Waals surface area (Å²) in [5.74, 6) is 0. The zero-order chi connectivity index (χ0) is 17.1. The number of nitrogens with one attached hydrogen (secondary N) is 1. The highest BCUT2D eigenvalue weighted by atomic mass is 14.9. The number of hydrogen-bond acceptors (Lipinski definition) is 1. The molecule has 1 aliphatic rings. The van der Waals surface area contributed by atoms with E-state index in [4.69, 9.17) is 0 Å². The minimum atomic E-state index is -0.0297. The number of rotatable bonds is 0. The highest BCUT2D eigenvalue weighted by Gasteiger charge is 2.34. The van der Waals surface area contributed by atoms with Crippen LogP contribution in [0.3, 0.4) is 0 Å². The van der Waals surface area contributed by atoms with Crippen molar-refractivity contribution in [3.8, 4) is 0 Å². The molecule has 122 valence electrons. The molecule has 0 fully saturated rings. The van der Waals surface area contributed by atoms with Crippen molar-refractivity contribution < 1.29 is 0 Å². The maximum atomic E-state index is 3.67. The second kappa shape index (κ2) is 4.86. The van der Waals surface area contributed by atoms with Crippen LogP contribution in [0.25, 0.3) is 10.8 Å². The number of anilines is 2. The Morgan fingerprint density at radius 1 is 0.833 bits per heavy atom. The Hall–Kier alpha value is -2.28. The quantitative estimate of drug-likeness (QED) is 0.498. The van der Waals surface area contributed by atoms with Gasteiger partial charge in [-0.15, -0.1) is 0 Å². The first kappa shape index (κ1) is 15.3. The average Bonchev–Trinajstić information content (AvgIpc) is 2.53. The van der Waals surface area contributed by atoms with Crippen molar-refractivity contribution in [2.24, 2.45) is 0 Å². The van der Waals surface area contributed by atoms with E-state index in [0.29, 0.717) is 0 Å². The molecule has 1 heteroatoms. The molecular formula is C23H25N. The summed E-state index contributed by atoms with van der Waals surface area (Å²) >= 11 is 0. The largest absolute Gasteiger partial charge is 0.355 e. The van der Waals surface area contributed by atoms with Gasteiger partial charge in [-0.25, -0.2) is 0 Å². The van der Waals surface area contributed by atoms with Gasteiger partial charge >= 0.3 is 0 Å². The molecule has 4 rings (SSSR count). The number of benzene rings is 3. The van der Waals surface area contributed by atoms with Crippen molar-refractivity contribution in [2.75, 3.05) is 5.32 Å². The smallest absolute Gasteiger partial charge is 0.0432 e. The fraction of sp³-hybridized carbons (Fsp3) is 0.304.